The second-order valence-electron chi connectivity index (χ2n) is 4.62. The van der Waals surface area contributed by atoms with E-state index in [1.54, 1.807) is 18.3 Å². The van der Waals surface area contributed by atoms with Gasteiger partial charge in [-0.1, -0.05) is 6.92 Å². The van der Waals surface area contributed by atoms with Crippen molar-refractivity contribution >= 4 is 10.0 Å². The van der Waals surface area contributed by atoms with Crippen molar-refractivity contribution in [2.45, 2.75) is 25.5 Å². The zero-order valence-corrected chi connectivity index (χ0v) is 12.5. The van der Waals surface area contributed by atoms with E-state index >= 15 is 0 Å². The smallest absolute Gasteiger partial charge is 0.218 e. The summed E-state index contributed by atoms with van der Waals surface area (Å²) in [4.78, 5) is 2.00. The minimum Gasteiger partial charge on any atom is -0.318 e. The van der Waals surface area contributed by atoms with Crippen LogP contribution in [0.15, 0.2) is 0 Å². The van der Waals surface area contributed by atoms with Crippen LogP contribution in [-0.2, 0) is 10.0 Å². The van der Waals surface area contributed by atoms with Crippen LogP contribution in [-0.4, -0.2) is 70.2 Å². The van der Waals surface area contributed by atoms with Crippen LogP contribution in [0.25, 0.3) is 0 Å². The third kappa shape index (κ3) is 5.81. The van der Waals surface area contributed by atoms with E-state index in [-0.39, 0.29) is 5.25 Å². The Morgan fingerprint density at radius 3 is 2.18 bits per heavy atom. The molecular formula is C11H27N3O2S. The number of rotatable bonds is 9. The molecule has 6 heteroatoms. The molecule has 0 aromatic heterocycles. The highest BCUT2D eigenvalue weighted by atomic mass is 32.2. The molecule has 1 N–H and O–H groups in total. The third-order valence-corrected chi connectivity index (χ3v) is 4.90. The van der Waals surface area contributed by atoms with Crippen LogP contribution in [0.2, 0.25) is 0 Å². The molecule has 0 aliphatic carbocycles. The van der Waals surface area contributed by atoms with Gasteiger partial charge in [0.25, 0.3) is 0 Å². The van der Waals surface area contributed by atoms with Crippen LogP contribution in [0.3, 0.4) is 0 Å². The number of sulfonamides is 1. The topological polar surface area (TPSA) is 52.7 Å². The second kappa shape index (κ2) is 8.02. The van der Waals surface area contributed by atoms with Gasteiger partial charge >= 0.3 is 0 Å². The molecule has 0 spiro atoms. The normalized spacial score (nSPS) is 14.5. The minimum absolute atomic E-state index is 0.374. The van der Waals surface area contributed by atoms with Crippen molar-refractivity contribution in [1.82, 2.24) is 14.5 Å². The number of nitrogens with zero attached hydrogens (tertiary/aromatic N) is 2. The van der Waals surface area contributed by atoms with E-state index in [2.05, 4.69) is 5.32 Å². The van der Waals surface area contributed by atoms with E-state index in [9.17, 15) is 8.42 Å². The van der Waals surface area contributed by atoms with Gasteiger partial charge in [-0.2, -0.15) is 0 Å². The average molecular weight is 265 g/mol. The molecule has 0 saturated carbocycles. The zero-order chi connectivity index (χ0) is 13.5. The summed E-state index contributed by atoms with van der Waals surface area (Å²) in [5.74, 6) is 0. The summed E-state index contributed by atoms with van der Waals surface area (Å²) < 4.78 is 26.2. The van der Waals surface area contributed by atoms with Crippen molar-refractivity contribution < 1.29 is 8.42 Å². The van der Waals surface area contributed by atoms with Gasteiger partial charge in [0, 0.05) is 26.2 Å². The Hall–Kier alpha value is -0.170. The molecule has 104 valence electrons. The summed E-state index contributed by atoms with van der Waals surface area (Å²) in [6, 6.07) is 0. The predicted octanol–water partition coefficient (Wildman–Crippen LogP) is 0.198. The van der Waals surface area contributed by atoms with Crippen molar-refractivity contribution in [3.8, 4) is 0 Å². The Bertz CT molecular complexity index is 291. The molecule has 0 fully saturated rings. The third-order valence-electron chi connectivity index (χ3n) is 2.63. The molecule has 1 atom stereocenters. The van der Waals surface area contributed by atoms with Crippen LogP contribution in [0, 0.1) is 0 Å². The average Bonchev–Trinajstić information content (AvgIpc) is 2.23. The number of nitrogens with one attached hydrogen (secondary N) is 1. The molecule has 0 amide bonds. The molecule has 0 rings (SSSR count). The summed E-state index contributed by atoms with van der Waals surface area (Å²) in [6.07, 6.45) is 0.846. The first-order valence-electron chi connectivity index (χ1n) is 6.14. The fraction of sp³-hybridized carbons (Fsp3) is 1.00. The van der Waals surface area contributed by atoms with Crippen molar-refractivity contribution in [3.63, 3.8) is 0 Å². The van der Waals surface area contributed by atoms with E-state index in [0.29, 0.717) is 19.6 Å². The first kappa shape index (κ1) is 16.8. The Morgan fingerprint density at radius 1 is 1.18 bits per heavy atom. The van der Waals surface area contributed by atoms with Gasteiger partial charge in [0.15, 0.2) is 0 Å². The molecule has 0 aromatic carbocycles. The van der Waals surface area contributed by atoms with Gasteiger partial charge in [-0.3, -0.25) is 0 Å². The second-order valence-corrected chi connectivity index (χ2v) is 6.97. The van der Waals surface area contributed by atoms with E-state index in [0.717, 1.165) is 13.0 Å². The quantitative estimate of drug-likeness (QED) is 0.647. The lowest BCUT2D eigenvalue weighted by Crippen LogP contribution is -2.44. The van der Waals surface area contributed by atoms with Gasteiger partial charge in [0.2, 0.25) is 10.0 Å². The molecule has 0 radical (unpaired) electrons. The molecule has 0 heterocycles. The van der Waals surface area contributed by atoms with Crippen LogP contribution < -0.4 is 5.32 Å². The lowest BCUT2D eigenvalue weighted by Gasteiger charge is -2.26. The maximum atomic E-state index is 12.3. The summed E-state index contributed by atoms with van der Waals surface area (Å²) >= 11 is 0. The van der Waals surface area contributed by atoms with E-state index in [1.165, 1.54) is 0 Å². The molecule has 17 heavy (non-hydrogen) atoms. The maximum absolute atomic E-state index is 12.3. The number of hydrogen-bond acceptors (Lipinski definition) is 4. The van der Waals surface area contributed by atoms with Crippen molar-refractivity contribution in [2.24, 2.45) is 0 Å². The highest BCUT2D eigenvalue weighted by molar-refractivity contribution is 7.89. The van der Waals surface area contributed by atoms with Gasteiger partial charge in [-0.15, -0.1) is 0 Å². The zero-order valence-electron chi connectivity index (χ0n) is 11.7. The van der Waals surface area contributed by atoms with Crippen molar-refractivity contribution in [2.75, 3.05) is 47.3 Å². The highest BCUT2D eigenvalue weighted by Crippen LogP contribution is 2.09. The van der Waals surface area contributed by atoms with Gasteiger partial charge in [-0.05, 0) is 34.5 Å². The lowest BCUT2D eigenvalue weighted by molar-refractivity contribution is 0.330. The number of likely N-dealkylation sites (N-methyl/N-ethyl adjacent to an activating group) is 1. The Labute approximate surface area is 106 Å². The Morgan fingerprint density at radius 2 is 1.76 bits per heavy atom. The fourth-order valence-corrected chi connectivity index (χ4v) is 3.23. The summed E-state index contributed by atoms with van der Waals surface area (Å²) in [7, 11) is 2.50. The van der Waals surface area contributed by atoms with Gasteiger partial charge in [-0.25, -0.2) is 12.7 Å². The predicted molar refractivity (Wildman–Crippen MR) is 72.7 cm³/mol. The molecule has 0 aromatic rings. The molecule has 5 nitrogen and oxygen atoms in total. The van der Waals surface area contributed by atoms with Gasteiger partial charge in [0.05, 0.1) is 5.25 Å². The van der Waals surface area contributed by atoms with Crippen molar-refractivity contribution in [3.05, 3.63) is 0 Å². The van der Waals surface area contributed by atoms with Gasteiger partial charge < -0.3 is 10.2 Å². The minimum atomic E-state index is -3.18. The summed E-state index contributed by atoms with van der Waals surface area (Å²) in [6.45, 7) is 6.17. The Balaban J connectivity index is 4.66. The monoisotopic (exact) mass is 265 g/mol. The highest BCUT2D eigenvalue weighted by Gasteiger charge is 2.27. The van der Waals surface area contributed by atoms with Crippen LogP contribution >= 0.6 is 0 Å². The SMILES string of the molecule is CCCN(CCN(C)C)S(=O)(=O)C(C)CNC. The standard InChI is InChI=1S/C11H27N3O2S/c1-6-7-14(9-8-13(4)5)17(15,16)11(2)10-12-3/h11-12H,6-10H2,1-5H3. The summed E-state index contributed by atoms with van der Waals surface area (Å²) in [5, 5.41) is 2.55. The van der Waals surface area contributed by atoms with E-state index in [1.807, 2.05) is 25.9 Å². The van der Waals surface area contributed by atoms with Crippen LogP contribution in [0.1, 0.15) is 20.3 Å². The van der Waals surface area contributed by atoms with Crippen LogP contribution in [0.4, 0.5) is 0 Å². The van der Waals surface area contributed by atoms with E-state index in [4.69, 9.17) is 0 Å². The molecule has 0 saturated heterocycles. The van der Waals surface area contributed by atoms with Crippen molar-refractivity contribution in [1.29, 1.82) is 0 Å². The lowest BCUT2D eigenvalue weighted by atomic mass is 10.4. The summed E-state index contributed by atoms with van der Waals surface area (Å²) in [5.41, 5.74) is 0. The van der Waals surface area contributed by atoms with Crippen LogP contribution in [0.5, 0.6) is 0 Å². The first-order chi connectivity index (χ1) is 7.86. The number of hydrogen-bond donors (Lipinski definition) is 1. The molecular weight excluding hydrogens is 238 g/mol. The molecule has 1 unspecified atom stereocenters. The maximum Gasteiger partial charge on any atom is 0.218 e. The Kier molecular flexibility index (Phi) is 7.94. The fourth-order valence-electron chi connectivity index (χ4n) is 1.57. The first-order valence-corrected chi connectivity index (χ1v) is 7.64. The largest absolute Gasteiger partial charge is 0.318 e. The van der Waals surface area contributed by atoms with Gasteiger partial charge in [0.1, 0.15) is 0 Å². The molecule has 0 bridgehead atoms. The molecule has 0 aliphatic heterocycles. The molecule has 0 aliphatic rings. The van der Waals surface area contributed by atoms with E-state index < -0.39 is 10.0 Å².